The minimum atomic E-state index is -1.18. The Kier molecular flexibility index (Phi) is 8.34. The Morgan fingerprint density at radius 1 is 1.17 bits per heavy atom. The number of hydrogen-bond donors (Lipinski definition) is 2. The summed E-state index contributed by atoms with van der Waals surface area (Å²) in [6.45, 7) is 1.81. The summed E-state index contributed by atoms with van der Waals surface area (Å²) < 4.78 is 19.2. The Balaban J connectivity index is 2.00. The molecule has 2 N–H and O–H groups in total. The molecule has 0 radical (unpaired) electrons. The van der Waals surface area contributed by atoms with E-state index in [4.69, 9.17) is 9.84 Å². The van der Waals surface area contributed by atoms with Gasteiger partial charge in [-0.15, -0.1) is 0 Å². The number of carbonyl (C=O) groups excluding carboxylic acids is 2. The first-order chi connectivity index (χ1) is 14.3. The van der Waals surface area contributed by atoms with Gasteiger partial charge in [-0.05, 0) is 30.2 Å². The van der Waals surface area contributed by atoms with Crippen LogP contribution in [0.3, 0.4) is 0 Å². The molecule has 0 aliphatic rings. The first-order valence-corrected chi connectivity index (χ1v) is 9.55. The number of rotatable bonds is 9. The van der Waals surface area contributed by atoms with Crippen LogP contribution in [-0.4, -0.2) is 41.1 Å². The average Bonchev–Trinajstić information content (AvgIpc) is 2.73. The van der Waals surface area contributed by atoms with Gasteiger partial charge in [0.15, 0.2) is 0 Å². The van der Waals surface area contributed by atoms with Gasteiger partial charge in [0.2, 0.25) is 5.91 Å². The van der Waals surface area contributed by atoms with Crippen LogP contribution in [0.15, 0.2) is 48.5 Å². The zero-order valence-electron chi connectivity index (χ0n) is 16.9. The Morgan fingerprint density at radius 2 is 1.87 bits per heavy atom. The van der Waals surface area contributed by atoms with Crippen LogP contribution in [0.4, 0.5) is 9.18 Å². The van der Waals surface area contributed by atoms with Crippen LogP contribution in [0.1, 0.15) is 41.3 Å². The zero-order valence-corrected chi connectivity index (χ0v) is 16.9. The lowest BCUT2D eigenvalue weighted by Gasteiger charge is -2.24. The first-order valence-electron chi connectivity index (χ1n) is 9.55. The van der Waals surface area contributed by atoms with Gasteiger partial charge in [-0.25, -0.2) is 14.0 Å². The lowest BCUT2D eigenvalue weighted by Crippen LogP contribution is -2.47. The second-order valence-corrected chi connectivity index (χ2v) is 6.85. The van der Waals surface area contributed by atoms with Crippen molar-refractivity contribution in [3.05, 3.63) is 71.0 Å². The summed E-state index contributed by atoms with van der Waals surface area (Å²) >= 11 is 0. The molecule has 0 fully saturated rings. The summed E-state index contributed by atoms with van der Waals surface area (Å²) in [4.78, 5) is 37.3. The molecule has 1 atom stereocenters. The van der Waals surface area contributed by atoms with E-state index in [2.05, 4.69) is 5.32 Å². The third-order valence-electron chi connectivity index (χ3n) is 4.46. The van der Waals surface area contributed by atoms with E-state index in [1.54, 1.807) is 0 Å². The fraction of sp³-hybridized carbons (Fsp3) is 0.318. The number of hydrogen-bond acceptors (Lipinski definition) is 4. The van der Waals surface area contributed by atoms with Gasteiger partial charge in [0.05, 0.1) is 5.56 Å². The summed E-state index contributed by atoms with van der Waals surface area (Å²) in [6.07, 6.45) is 0.283. The molecule has 30 heavy (non-hydrogen) atoms. The molecule has 2 rings (SSSR count). The molecule has 0 unspecified atom stereocenters. The van der Waals surface area contributed by atoms with E-state index in [1.165, 1.54) is 18.0 Å². The Labute approximate surface area is 174 Å². The quantitative estimate of drug-likeness (QED) is 0.651. The van der Waals surface area contributed by atoms with Crippen LogP contribution in [0, 0.1) is 5.82 Å². The van der Waals surface area contributed by atoms with Crippen molar-refractivity contribution in [2.24, 2.45) is 0 Å². The van der Waals surface area contributed by atoms with E-state index >= 15 is 0 Å². The van der Waals surface area contributed by atoms with Gasteiger partial charge in [-0.2, -0.15) is 0 Å². The molecule has 0 aliphatic carbocycles. The highest BCUT2D eigenvalue weighted by atomic mass is 19.1. The van der Waals surface area contributed by atoms with Crippen LogP contribution in [0.2, 0.25) is 0 Å². The number of halogens is 1. The van der Waals surface area contributed by atoms with E-state index in [-0.39, 0.29) is 24.3 Å². The Bertz CT molecular complexity index is 888. The van der Waals surface area contributed by atoms with Crippen LogP contribution >= 0.6 is 0 Å². The fourth-order valence-corrected chi connectivity index (χ4v) is 2.88. The van der Waals surface area contributed by atoms with Crippen LogP contribution < -0.4 is 5.32 Å². The maximum absolute atomic E-state index is 14.1. The monoisotopic (exact) mass is 416 g/mol. The number of likely N-dealkylation sites (N-methyl/N-ethyl adjacent to an activating group) is 1. The van der Waals surface area contributed by atoms with Crippen molar-refractivity contribution in [2.45, 2.75) is 39.0 Å². The molecule has 0 aliphatic heterocycles. The number of nitrogens with one attached hydrogen (secondary N) is 1. The van der Waals surface area contributed by atoms with Crippen molar-refractivity contribution in [3.8, 4) is 0 Å². The Hall–Kier alpha value is -3.42. The summed E-state index contributed by atoms with van der Waals surface area (Å²) in [5.41, 5.74) is 0.824. The predicted molar refractivity (Wildman–Crippen MR) is 108 cm³/mol. The topological polar surface area (TPSA) is 95.9 Å². The maximum atomic E-state index is 14.1. The number of benzene rings is 2. The smallest absolute Gasteiger partial charge is 0.408 e. The van der Waals surface area contributed by atoms with E-state index in [1.807, 2.05) is 37.3 Å². The molecule has 2 amide bonds. The largest absolute Gasteiger partial charge is 0.478 e. The summed E-state index contributed by atoms with van der Waals surface area (Å²) in [5.74, 6) is -2.22. The van der Waals surface area contributed by atoms with Gasteiger partial charge in [-0.3, -0.25) is 4.79 Å². The summed E-state index contributed by atoms with van der Waals surface area (Å²) in [7, 11) is 1.47. The molecule has 7 nitrogen and oxygen atoms in total. The molecule has 0 bridgehead atoms. The van der Waals surface area contributed by atoms with Crippen molar-refractivity contribution >= 4 is 18.0 Å². The lowest BCUT2D eigenvalue weighted by atomic mass is 10.1. The first kappa shape index (κ1) is 22.9. The molecule has 0 saturated heterocycles. The highest BCUT2D eigenvalue weighted by molar-refractivity contribution is 5.88. The number of amides is 2. The highest BCUT2D eigenvalue weighted by Crippen LogP contribution is 2.14. The summed E-state index contributed by atoms with van der Waals surface area (Å²) in [6, 6.07) is 11.7. The second kappa shape index (κ2) is 10.9. The van der Waals surface area contributed by atoms with E-state index in [9.17, 15) is 18.8 Å². The van der Waals surface area contributed by atoms with Crippen LogP contribution in [-0.2, 0) is 22.7 Å². The van der Waals surface area contributed by atoms with E-state index < -0.39 is 29.8 Å². The van der Waals surface area contributed by atoms with Crippen LogP contribution in [0.5, 0.6) is 0 Å². The molecular weight excluding hydrogens is 391 g/mol. The number of carboxylic acids is 1. The number of carboxylic acid groups (broad SMARTS) is 1. The number of alkyl carbamates (subject to hydrolysis) is 1. The minimum absolute atomic E-state index is 0.0695. The predicted octanol–water partition coefficient (Wildman–Crippen LogP) is 3.58. The van der Waals surface area contributed by atoms with Crippen LogP contribution in [0.25, 0.3) is 0 Å². The molecule has 2 aromatic rings. The SMILES string of the molecule is CCC[C@H](NC(=O)OCc1ccccc1)C(=O)N(C)Cc1cc(C(=O)O)ccc1F. The average molecular weight is 416 g/mol. The number of aromatic carboxylic acids is 1. The Morgan fingerprint density at radius 3 is 2.50 bits per heavy atom. The van der Waals surface area contributed by atoms with Gasteiger partial charge >= 0.3 is 12.1 Å². The lowest BCUT2D eigenvalue weighted by molar-refractivity contribution is -0.132. The number of ether oxygens (including phenoxy) is 1. The summed E-state index contributed by atoms with van der Waals surface area (Å²) in [5, 5.41) is 11.6. The molecular formula is C22H25FN2O5. The fourth-order valence-electron chi connectivity index (χ4n) is 2.88. The van der Waals surface area contributed by atoms with Crippen molar-refractivity contribution in [3.63, 3.8) is 0 Å². The van der Waals surface area contributed by atoms with Crippen molar-refractivity contribution < 1.29 is 28.6 Å². The molecule has 8 heteroatoms. The van der Waals surface area contributed by atoms with E-state index in [0.717, 1.165) is 17.7 Å². The van der Waals surface area contributed by atoms with Gasteiger partial charge < -0.3 is 20.1 Å². The molecule has 0 aromatic heterocycles. The highest BCUT2D eigenvalue weighted by Gasteiger charge is 2.24. The maximum Gasteiger partial charge on any atom is 0.408 e. The molecule has 0 spiro atoms. The van der Waals surface area contributed by atoms with E-state index in [0.29, 0.717) is 12.8 Å². The second-order valence-electron chi connectivity index (χ2n) is 6.85. The van der Waals surface area contributed by atoms with Gasteiger partial charge in [-0.1, -0.05) is 43.7 Å². The molecule has 2 aromatic carbocycles. The molecule has 0 saturated carbocycles. The van der Waals surface area contributed by atoms with Crippen molar-refractivity contribution in [1.29, 1.82) is 0 Å². The van der Waals surface area contributed by atoms with Gasteiger partial charge in [0, 0.05) is 19.2 Å². The zero-order chi connectivity index (χ0) is 22.1. The van der Waals surface area contributed by atoms with Gasteiger partial charge in [0.1, 0.15) is 18.5 Å². The minimum Gasteiger partial charge on any atom is -0.478 e. The van der Waals surface area contributed by atoms with Crippen molar-refractivity contribution in [1.82, 2.24) is 10.2 Å². The third kappa shape index (κ3) is 6.58. The number of carbonyl (C=O) groups is 3. The standard InChI is InChI=1S/C22H25FN2O5/c1-3-7-19(24-22(29)30-14-15-8-5-4-6-9-15)20(26)25(2)13-17-12-16(21(27)28)10-11-18(17)23/h4-6,8-12,19H,3,7,13-14H2,1-2H3,(H,24,29)(H,27,28)/t19-/m0/s1. The molecule has 160 valence electrons. The third-order valence-corrected chi connectivity index (χ3v) is 4.46. The number of nitrogens with zero attached hydrogens (tertiary/aromatic N) is 1. The van der Waals surface area contributed by atoms with Gasteiger partial charge in [0.25, 0.3) is 0 Å². The normalized spacial score (nSPS) is 11.4. The van der Waals surface area contributed by atoms with Crippen molar-refractivity contribution in [2.75, 3.05) is 7.05 Å². The molecule has 0 heterocycles.